The molecule has 0 aliphatic carbocycles. The van der Waals surface area contributed by atoms with E-state index < -0.39 is 12.1 Å². The first-order chi connectivity index (χ1) is 18.6. The van der Waals surface area contributed by atoms with Crippen molar-refractivity contribution in [3.63, 3.8) is 0 Å². The van der Waals surface area contributed by atoms with Gasteiger partial charge in [0, 0.05) is 74.1 Å². The number of aromatic nitrogens is 6. The van der Waals surface area contributed by atoms with Crippen molar-refractivity contribution in [2.45, 2.75) is 19.7 Å². The van der Waals surface area contributed by atoms with E-state index in [-0.39, 0.29) is 17.8 Å². The molecule has 4 aromatic rings. The minimum absolute atomic E-state index is 0.0774. The average molecular weight is 539 g/mol. The third-order valence-electron chi connectivity index (χ3n) is 6.39. The number of hydrogen-bond donors (Lipinski definition) is 0. The largest absolute Gasteiger partial charge is 0.573 e. The second kappa shape index (κ2) is 10.8. The highest BCUT2D eigenvalue weighted by atomic mass is 19.4. The Kier molecular flexibility index (Phi) is 7.24. The summed E-state index contributed by atoms with van der Waals surface area (Å²) in [4.78, 5) is 29.8. The lowest BCUT2D eigenvalue weighted by atomic mass is 10.0. The number of carbonyl (C=O) groups is 1. The molecule has 39 heavy (non-hydrogen) atoms. The molecule has 0 spiro atoms. The zero-order valence-electron chi connectivity index (χ0n) is 21.3. The number of halogens is 3. The van der Waals surface area contributed by atoms with Gasteiger partial charge in [0.15, 0.2) is 5.78 Å². The molecule has 0 unspecified atom stereocenters. The van der Waals surface area contributed by atoms with E-state index in [1.807, 2.05) is 11.9 Å². The fourth-order valence-electron chi connectivity index (χ4n) is 4.31. The van der Waals surface area contributed by atoms with Crippen LogP contribution in [0.2, 0.25) is 0 Å². The minimum atomic E-state index is -4.88. The maximum Gasteiger partial charge on any atom is 0.573 e. The molecule has 5 rings (SSSR count). The number of Topliss-reactive ketones (excluding diaryl/α,β-unsaturated/α-hetero) is 1. The van der Waals surface area contributed by atoms with Gasteiger partial charge in [0.05, 0.1) is 17.6 Å². The fraction of sp³-hybridized carbons (Fsp3) is 0.308. The van der Waals surface area contributed by atoms with Gasteiger partial charge in [0.1, 0.15) is 17.8 Å². The molecule has 4 heterocycles. The van der Waals surface area contributed by atoms with Crippen LogP contribution in [0.15, 0.2) is 55.4 Å². The van der Waals surface area contributed by atoms with E-state index in [0.717, 1.165) is 19.2 Å². The number of pyridine rings is 1. The van der Waals surface area contributed by atoms with Crippen molar-refractivity contribution >= 4 is 11.5 Å². The third kappa shape index (κ3) is 6.37. The molecule has 0 bridgehead atoms. The molecule has 3 aromatic heterocycles. The van der Waals surface area contributed by atoms with Crippen molar-refractivity contribution in [3.05, 3.63) is 72.2 Å². The van der Waals surface area contributed by atoms with Crippen molar-refractivity contribution in [2.24, 2.45) is 0 Å². The first kappa shape index (κ1) is 26.2. The molecular weight excluding hydrogens is 513 g/mol. The van der Waals surface area contributed by atoms with Crippen LogP contribution in [0.25, 0.3) is 16.9 Å². The Morgan fingerprint density at radius 1 is 1.03 bits per heavy atom. The Balaban J connectivity index is 1.40. The quantitative estimate of drug-likeness (QED) is 0.327. The number of piperazine rings is 1. The fourth-order valence-corrected chi connectivity index (χ4v) is 4.31. The number of rotatable bonds is 7. The molecular formula is C26H25F3N8O2. The summed E-state index contributed by atoms with van der Waals surface area (Å²) < 4.78 is 44.9. The van der Waals surface area contributed by atoms with E-state index >= 15 is 0 Å². The van der Waals surface area contributed by atoms with Crippen molar-refractivity contribution in [2.75, 3.05) is 38.1 Å². The molecule has 202 valence electrons. The number of benzene rings is 1. The molecule has 10 nitrogen and oxygen atoms in total. The highest BCUT2D eigenvalue weighted by Crippen LogP contribution is 2.30. The minimum Gasteiger partial charge on any atom is -0.406 e. The second-order valence-corrected chi connectivity index (χ2v) is 9.28. The van der Waals surface area contributed by atoms with Crippen LogP contribution in [0.1, 0.15) is 21.6 Å². The van der Waals surface area contributed by atoms with Crippen LogP contribution in [0.4, 0.5) is 18.9 Å². The maximum atomic E-state index is 13.3. The highest BCUT2D eigenvalue weighted by molar-refractivity contribution is 5.98. The zero-order valence-corrected chi connectivity index (χ0v) is 21.3. The number of aryl methyl sites for hydroxylation is 1. The van der Waals surface area contributed by atoms with Gasteiger partial charge in [0.2, 0.25) is 0 Å². The van der Waals surface area contributed by atoms with Crippen LogP contribution >= 0.6 is 0 Å². The van der Waals surface area contributed by atoms with Crippen LogP contribution in [0.5, 0.6) is 5.75 Å². The summed E-state index contributed by atoms with van der Waals surface area (Å²) in [6.07, 6.45) is 2.97. The van der Waals surface area contributed by atoms with E-state index in [2.05, 4.69) is 34.9 Å². The number of nitrogens with zero attached hydrogens (tertiary/aromatic N) is 8. The van der Waals surface area contributed by atoms with Crippen LogP contribution in [0, 0.1) is 6.92 Å². The van der Waals surface area contributed by atoms with Gasteiger partial charge in [-0.05, 0) is 37.7 Å². The van der Waals surface area contributed by atoms with Crippen molar-refractivity contribution in [1.29, 1.82) is 0 Å². The predicted octanol–water partition coefficient (Wildman–Crippen LogP) is 3.50. The van der Waals surface area contributed by atoms with Crippen LogP contribution in [-0.4, -0.2) is 80.2 Å². The van der Waals surface area contributed by atoms with Crippen LogP contribution in [0.3, 0.4) is 0 Å². The second-order valence-electron chi connectivity index (χ2n) is 9.28. The van der Waals surface area contributed by atoms with Gasteiger partial charge in [-0.1, -0.05) is 5.21 Å². The molecule has 1 saturated heterocycles. The molecule has 1 fully saturated rings. The lowest BCUT2D eigenvalue weighted by Crippen LogP contribution is -2.44. The van der Waals surface area contributed by atoms with Gasteiger partial charge < -0.3 is 14.5 Å². The molecule has 0 radical (unpaired) electrons. The molecule has 0 saturated carbocycles. The van der Waals surface area contributed by atoms with Gasteiger partial charge in [0.25, 0.3) is 0 Å². The Morgan fingerprint density at radius 3 is 2.49 bits per heavy atom. The summed E-state index contributed by atoms with van der Waals surface area (Å²) in [5, 5.41) is 8.34. The Labute approximate surface area is 222 Å². The lowest BCUT2D eigenvalue weighted by Gasteiger charge is -2.34. The van der Waals surface area contributed by atoms with E-state index in [0.29, 0.717) is 47.0 Å². The number of likely N-dealkylation sites (N-methyl/N-ethyl adjacent to an activating group) is 1. The number of ether oxygens (including phenoxy) is 1. The molecule has 0 atom stereocenters. The lowest BCUT2D eigenvalue weighted by molar-refractivity contribution is -0.274. The summed E-state index contributed by atoms with van der Waals surface area (Å²) in [7, 11) is 1.98. The van der Waals surface area contributed by atoms with Gasteiger partial charge >= 0.3 is 6.36 Å². The summed E-state index contributed by atoms with van der Waals surface area (Å²) in [5.74, 6) is -0.791. The smallest absolute Gasteiger partial charge is 0.406 e. The normalized spacial score (nSPS) is 14.4. The first-order valence-electron chi connectivity index (χ1n) is 12.2. The van der Waals surface area contributed by atoms with E-state index in [9.17, 15) is 18.0 Å². The van der Waals surface area contributed by atoms with Gasteiger partial charge in [-0.15, -0.1) is 18.3 Å². The maximum absolute atomic E-state index is 13.3. The highest BCUT2D eigenvalue weighted by Gasteiger charge is 2.32. The topological polar surface area (TPSA) is 102 Å². The van der Waals surface area contributed by atoms with Crippen molar-refractivity contribution in [3.8, 4) is 22.7 Å². The summed E-state index contributed by atoms with van der Waals surface area (Å²) >= 11 is 0. The van der Waals surface area contributed by atoms with Gasteiger partial charge in [-0.2, -0.15) is 0 Å². The standard InChI is InChI=1S/C26H25F3N8O2/c1-17-24(37-15-23(33-34-37)20-13-30-16-31-14-20)7-18(12-32-17)8-25(38)19-9-21(36-5-3-35(2)4-6-36)11-22(10-19)39-26(27,28)29/h7,9-16H,3-6,8H2,1-2H3. The number of ketones is 1. The Bertz CT molecular complexity index is 1470. The molecule has 1 aliphatic heterocycles. The average Bonchev–Trinajstić information content (AvgIpc) is 3.40. The number of alkyl halides is 3. The summed E-state index contributed by atoms with van der Waals surface area (Å²) in [6.45, 7) is 4.56. The predicted molar refractivity (Wildman–Crippen MR) is 136 cm³/mol. The summed E-state index contributed by atoms with van der Waals surface area (Å²) in [5.41, 5.74) is 3.74. The number of carbonyl (C=O) groups excluding carboxylic acids is 1. The van der Waals surface area contributed by atoms with Crippen LogP contribution in [-0.2, 0) is 6.42 Å². The van der Waals surface area contributed by atoms with Crippen LogP contribution < -0.4 is 9.64 Å². The van der Waals surface area contributed by atoms with Crippen molar-refractivity contribution in [1.82, 2.24) is 34.8 Å². The van der Waals surface area contributed by atoms with Crippen molar-refractivity contribution < 1.29 is 22.7 Å². The molecule has 1 aromatic carbocycles. The first-order valence-corrected chi connectivity index (χ1v) is 12.2. The Morgan fingerprint density at radius 2 is 1.77 bits per heavy atom. The van der Waals surface area contributed by atoms with E-state index in [4.69, 9.17) is 0 Å². The van der Waals surface area contributed by atoms with E-state index in [1.54, 1.807) is 48.5 Å². The van der Waals surface area contributed by atoms with Gasteiger partial charge in [-0.25, -0.2) is 14.6 Å². The molecule has 1 aliphatic rings. The third-order valence-corrected chi connectivity index (χ3v) is 6.39. The monoisotopic (exact) mass is 538 g/mol. The molecule has 13 heteroatoms. The number of hydrogen-bond acceptors (Lipinski definition) is 9. The zero-order chi connectivity index (χ0) is 27.6. The summed E-state index contributed by atoms with van der Waals surface area (Å²) in [6, 6.07) is 5.83. The Hall–Kier alpha value is -4.39. The number of anilines is 1. The molecule has 0 amide bonds. The van der Waals surface area contributed by atoms with Gasteiger partial charge in [-0.3, -0.25) is 9.78 Å². The molecule has 0 N–H and O–H groups in total. The van der Waals surface area contributed by atoms with E-state index in [1.165, 1.54) is 12.4 Å². The SMILES string of the molecule is Cc1ncc(CC(=O)c2cc(OC(F)(F)F)cc(N3CCN(C)CC3)c2)cc1-n1cc(-c2cncnc2)nn1.